The van der Waals surface area contributed by atoms with Gasteiger partial charge in [0.1, 0.15) is 5.76 Å². The normalized spacial score (nSPS) is 41.1. The van der Waals surface area contributed by atoms with Crippen molar-refractivity contribution in [1.29, 1.82) is 0 Å². The van der Waals surface area contributed by atoms with Crippen LogP contribution in [0.5, 0.6) is 0 Å². The van der Waals surface area contributed by atoms with Gasteiger partial charge in [-0.2, -0.15) is 21.6 Å². The number of allylic oxidation sites excluding steroid dienone is 4. The molecule has 9 heteroatoms. The molecule has 0 N–H and O–H groups in total. The molecule has 0 spiro atoms. The molecule has 168 valence electrons. The van der Waals surface area contributed by atoms with E-state index >= 15 is 0 Å². The molecule has 0 amide bonds. The summed E-state index contributed by atoms with van der Waals surface area (Å²) in [6.07, 6.45) is 8.82. The Bertz CT molecular complexity index is 923. The van der Waals surface area contributed by atoms with Gasteiger partial charge < -0.3 is 4.18 Å². The molecule has 2 fully saturated rings. The molecule has 0 aromatic rings. The van der Waals surface area contributed by atoms with Gasteiger partial charge >= 0.3 is 15.6 Å². The Hall–Kier alpha value is -0.960. The van der Waals surface area contributed by atoms with Gasteiger partial charge in [-0.05, 0) is 78.8 Å². The molecule has 4 nitrogen and oxygen atoms in total. The third-order valence-corrected chi connectivity index (χ3v) is 9.84. The first-order chi connectivity index (χ1) is 13.8. The lowest BCUT2D eigenvalue weighted by atomic mass is 9.48. The van der Waals surface area contributed by atoms with Crippen molar-refractivity contribution in [1.82, 2.24) is 0 Å². The van der Waals surface area contributed by atoms with Gasteiger partial charge in [0.25, 0.3) is 0 Å². The Balaban J connectivity index is 1.61. The summed E-state index contributed by atoms with van der Waals surface area (Å²) in [6, 6.07) is 0. The molecule has 0 heterocycles. The number of thiol groups is 1. The topological polar surface area (TPSA) is 60.4 Å². The van der Waals surface area contributed by atoms with Gasteiger partial charge in [0.05, 0.1) is 0 Å². The van der Waals surface area contributed by atoms with E-state index in [2.05, 4.69) is 30.7 Å². The predicted octanol–water partition coefficient (Wildman–Crippen LogP) is 5.38. The van der Waals surface area contributed by atoms with Crippen LogP contribution in [0.15, 0.2) is 23.5 Å². The van der Waals surface area contributed by atoms with E-state index in [1.54, 1.807) is 0 Å². The van der Waals surface area contributed by atoms with Crippen molar-refractivity contribution in [2.45, 2.75) is 64.3 Å². The van der Waals surface area contributed by atoms with Crippen molar-refractivity contribution in [3.8, 4) is 0 Å². The van der Waals surface area contributed by atoms with Crippen LogP contribution < -0.4 is 0 Å². The highest BCUT2D eigenvalue weighted by Gasteiger charge is 2.59. The molecule has 0 bridgehead atoms. The van der Waals surface area contributed by atoms with Crippen LogP contribution in [0, 0.1) is 34.5 Å². The van der Waals surface area contributed by atoms with Crippen LogP contribution in [0.2, 0.25) is 0 Å². The van der Waals surface area contributed by atoms with E-state index in [1.165, 1.54) is 6.08 Å². The quantitative estimate of drug-likeness (QED) is 0.346. The molecule has 0 aromatic carbocycles. The zero-order valence-corrected chi connectivity index (χ0v) is 18.7. The fraction of sp³-hybridized carbons (Fsp3) is 0.762. The third-order valence-electron chi connectivity index (χ3n) is 8.53. The molecule has 4 aliphatic rings. The van der Waals surface area contributed by atoms with Crippen LogP contribution in [0.25, 0.3) is 0 Å². The third kappa shape index (κ3) is 3.26. The van der Waals surface area contributed by atoms with E-state index in [9.17, 15) is 26.4 Å². The van der Waals surface area contributed by atoms with Gasteiger partial charge in [0.2, 0.25) is 0 Å². The second-order valence-corrected chi connectivity index (χ2v) is 11.8. The Kier molecular flexibility index (Phi) is 5.20. The summed E-state index contributed by atoms with van der Waals surface area (Å²) in [5.74, 6) is 1.06. The minimum atomic E-state index is -5.65. The van der Waals surface area contributed by atoms with Crippen molar-refractivity contribution in [3.63, 3.8) is 0 Å². The molecule has 4 rings (SSSR count). The number of hydrogen-bond acceptors (Lipinski definition) is 4. The van der Waals surface area contributed by atoms with Gasteiger partial charge in [-0.15, -0.1) is 12.6 Å². The van der Waals surface area contributed by atoms with E-state index in [1.807, 2.05) is 6.08 Å². The van der Waals surface area contributed by atoms with Crippen LogP contribution in [0.3, 0.4) is 0 Å². The Morgan fingerprint density at radius 2 is 1.87 bits per heavy atom. The molecule has 0 aliphatic heterocycles. The van der Waals surface area contributed by atoms with Gasteiger partial charge in [-0.3, -0.25) is 4.79 Å². The summed E-state index contributed by atoms with van der Waals surface area (Å²) in [4.78, 5) is 12.1. The summed E-state index contributed by atoms with van der Waals surface area (Å²) < 4.78 is 65.3. The molecule has 0 unspecified atom stereocenters. The maximum absolute atomic E-state index is 12.7. The van der Waals surface area contributed by atoms with Gasteiger partial charge in [-0.25, -0.2) is 0 Å². The number of halogens is 3. The molecule has 0 saturated heterocycles. The zero-order chi connectivity index (χ0) is 22.1. The van der Waals surface area contributed by atoms with Crippen molar-refractivity contribution in [3.05, 3.63) is 23.5 Å². The highest BCUT2D eigenvalue weighted by molar-refractivity contribution is 7.96. The number of carbonyl (C=O) groups is 1. The van der Waals surface area contributed by atoms with E-state index in [4.69, 9.17) is 0 Å². The second-order valence-electron chi connectivity index (χ2n) is 9.80. The molecular weight excluding hydrogens is 437 g/mol. The first-order valence-corrected chi connectivity index (χ1v) is 12.3. The SMILES string of the molecule is C[C@]12CC[C@H]3[C@@H](CC=C4C=C(OS(=O)(=O)C(F)(F)F)CC[C@@]43C)[C@@H]1CC[C@@H]2C(=O)S. The number of hydrogen-bond donors (Lipinski definition) is 1. The minimum Gasteiger partial charge on any atom is -0.381 e. The lowest BCUT2D eigenvalue weighted by Crippen LogP contribution is -2.49. The van der Waals surface area contributed by atoms with Crippen molar-refractivity contribution in [2.24, 2.45) is 34.5 Å². The number of fused-ring (bicyclic) bond motifs is 5. The average Bonchev–Trinajstić information content (AvgIpc) is 2.98. The van der Waals surface area contributed by atoms with E-state index in [-0.39, 0.29) is 34.0 Å². The molecule has 2 saturated carbocycles. The zero-order valence-electron chi connectivity index (χ0n) is 17.0. The number of alkyl halides is 3. The molecular formula is C21H27F3O4S2. The highest BCUT2D eigenvalue weighted by atomic mass is 32.2. The maximum Gasteiger partial charge on any atom is 0.534 e. The molecule has 0 radical (unpaired) electrons. The van der Waals surface area contributed by atoms with Gasteiger partial charge in [-0.1, -0.05) is 19.9 Å². The van der Waals surface area contributed by atoms with E-state index in [0.29, 0.717) is 24.2 Å². The number of carbonyl (C=O) groups excluding carboxylic acids is 1. The maximum atomic E-state index is 12.7. The molecule has 30 heavy (non-hydrogen) atoms. The summed E-state index contributed by atoms with van der Waals surface area (Å²) in [5.41, 5.74) is -4.81. The first kappa shape index (κ1) is 22.2. The van der Waals surface area contributed by atoms with Crippen LogP contribution in [0.1, 0.15) is 58.8 Å². The highest BCUT2D eigenvalue weighted by Crippen LogP contribution is 2.66. The standard InChI is InChI=1S/C21H27F3O4S2/c1-19-9-7-13(28-30(26,27)21(22,23)24)11-12(19)3-4-14-15-5-6-17(18(25)29)20(15,2)10-8-16(14)19/h3,11,14-17H,4-10H2,1-2H3,(H,25,29)/t14-,15-,16-,17+,19-,20-/m0/s1. The number of rotatable bonds is 3. The van der Waals surface area contributed by atoms with Gasteiger partial charge in [0, 0.05) is 12.3 Å². The van der Waals surface area contributed by atoms with Crippen LogP contribution in [-0.2, 0) is 19.1 Å². The first-order valence-electron chi connectivity index (χ1n) is 10.4. The van der Waals surface area contributed by atoms with Crippen molar-refractivity contribution < 1.29 is 30.6 Å². The predicted molar refractivity (Wildman–Crippen MR) is 109 cm³/mol. The monoisotopic (exact) mass is 464 g/mol. The summed E-state index contributed by atoms with van der Waals surface area (Å²) in [7, 11) is -5.65. The molecule has 0 aromatic heterocycles. The van der Waals surface area contributed by atoms with Crippen molar-refractivity contribution >= 4 is 27.9 Å². The Morgan fingerprint density at radius 1 is 1.17 bits per heavy atom. The fourth-order valence-corrected chi connectivity index (χ4v) is 7.89. The van der Waals surface area contributed by atoms with E-state index < -0.39 is 15.6 Å². The minimum absolute atomic E-state index is 0.0104. The van der Waals surface area contributed by atoms with Gasteiger partial charge in [0.15, 0.2) is 5.12 Å². The smallest absolute Gasteiger partial charge is 0.381 e. The summed E-state index contributed by atoms with van der Waals surface area (Å²) >= 11 is 4.14. The van der Waals surface area contributed by atoms with Crippen molar-refractivity contribution in [2.75, 3.05) is 0 Å². The summed E-state index contributed by atoms with van der Waals surface area (Å²) in [6.45, 7) is 4.36. The van der Waals surface area contributed by atoms with Crippen LogP contribution in [-0.4, -0.2) is 19.0 Å². The summed E-state index contributed by atoms with van der Waals surface area (Å²) in [5, 5.41) is -0.0232. The Labute approximate surface area is 180 Å². The average molecular weight is 465 g/mol. The fourth-order valence-electron chi connectivity index (χ4n) is 6.96. The van der Waals surface area contributed by atoms with E-state index in [0.717, 1.165) is 37.7 Å². The second kappa shape index (κ2) is 7.02. The molecule has 4 aliphatic carbocycles. The van der Waals surface area contributed by atoms with Crippen LogP contribution >= 0.6 is 12.6 Å². The molecule has 6 atom stereocenters. The van der Waals surface area contributed by atoms with Crippen LogP contribution in [0.4, 0.5) is 13.2 Å². The largest absolute Gasteiger partial charge is 0.534 e. The Morgan fingerprint density at radius 3 is 2.50 bits per heavy atom. The lowest BCUT2D eigenvalue weighted by molar-refractivity contribution is -0.120. The lowest BCUT2D eigenvalue weighted by Gasteiger charge is -2.56.